The van der Waals surface area contributed by atoms with Crippen LogP contribution in [0, 0.1) is 11.9 Å². The summed E-state index contributed by atoms with van der Waals surface area (Å²) in [6.07, 6.45) is 1.99. The van der Waals surface area contributed by atoms with Crippen molar-refractivity contribution in [2.75, 3.05) is 22.3 Å². The fourth-order valence-corrected chi connectivity index (χ4v) is 6.09. The predicted molar refractivity (Wildman–Crippen MR) is 136 cm³/mol. The maximum Gasteiger partial charge on any atom is 0.264 e. The van der Waals surface area contributed by atoms with E-state index in [2.05, 4.69) is 11.9 Å². The molecule has 1 atom stereocenters. The minimum Gasteiger partial charge on any atom is -0.388 e. The summed E-state index contributed by atoms with van der Waals surface area (Å²) in [6.45, 7) is 7.39. The highest BCUT2D eigenvalue weighted by molar-refractivity contribution is 7.92. The Bertz CT molecular complexity index is 1280. The van der Waals surface area contributed by atoms with Crippen LogP contribution in [-0.2, 0) is 23.0 Å². The Balaban J connectivity index is 1.69. The number of benzene rings is 2. The van der Waals surface area contributed by atoms with E-state index in [4.69, 9.17) is 0 Å². The third-order valence-electron chi connectivity index (χ3n) is 6.29. The number of aryl methyl sites for hydroxylation is 1. The number of anilines is 2. The number of aliphatic hydroxyl groups excluding tert-OH is 1. The fraction of sp³-hybridized carbons (Fsp3) is 0.370. The van der Waals surface area contributed by atoms with Gasteiger partial charge in [0.1, 0.15) is 0 Å². The molecule has 0 fully saturated rings. The van der Waals surface area contributed by atoms with Crippen LogP contribution in [0.3, 0.4) is 0 Å². The minimum absolute atomic E-state index is 0.120. The number of aliphatic hydroxyl groups is 1. The zero-order valence-electron chi connectivity index (χ0n) is 20.4. The molecule has 0 amide bonds. The summed E-state index contributed by atoms with van der Waals surface area (Å²) in [4.78, 5) is 5.78. The molecule has 3 aromatic rings. The standard InChI is InChI=1S/C27H32FN3O3S/c1-4-20-5-7-22(8-6-20)31(17-19(2)3)35(33,34)23-9-10-25-24(16-23)26(32)12-14-30(25)18-21-11-13-29-27(28)15-21/h5-11,13,15-16,19,26,32H,4,12,14,17-18H2,1-3H3. The summed E-state index contributed by atoms with van der Waals surface area (Å²) in [6, 6.07) is 15.7. The number of halogens is 1. The second-order valence-electron chi connectivity index (χ2n) is 9.38. The molecule has 2 heterocycles. The maximum atomic E-state index is 13.8. The number of nitrogens with zero attached hydrogens (tertiary/aromatic N) is 3. The van der Waals surface area contributed by atoms with Crippen LogP contribution in [0.2, 0.25) is 0 Å². The molecule has 186 valence electrons. The highest BCUT2D eigenvalue weighted by Gasteiger charge is 2.30. The molecule has 6 nitrogen and oxygen atoms in total. The van der Waals surface area contributed by atoms with E-state index >= 15 is 0 Å². The Labute approximate surface area is 207 Å². The van der Waals surface area contributed by atoms with E-state index in [-0.39, 0.29) is 10.8 Å². The summed E-state index contributed by atoms with van der Waals surface area (Å²) in [7, 11) is -3.86. The largest absolute Gasteiger partial charge is 0.388 e. The summed E-state index contributed by atoms with van der Waals surface area (Å²) < 4.78 is 42.6. The van der Waals surface area contributed by atoms with Crippen molar-refractivity contribution in [1.29, 1.82) is 0 Å². The van der Waals surface area contributed by atoms with Gasteiger partial charge in [0.25, 0.3) is 10.0 Å². The molecular formula is C27H32FN3O3S. The van der Waals surface area contributed by atoms with E-state index in [0.717, 1.165) is 23.2 Å². The van der Waals surface area contributed by atoms with Gasteiger partial charge in [-0.3, -0.25) is 4.31 Å². The van der Waals surface area contributed by atoms with Crippen LogP contribution in [0.5, 0.6) is 0 Å². The first-order valence-corrected chi connectivity index (χ1v) is 13.4. The monoisotopic (exact) mass is 497 g/mol. The third-order valence-corrected chi connectivity index (χ3v) is 8.08. The molecule has 0 saturated carbocycles. The van der Waals surface area contributed by atoms with Crippen molar-refractivity contribution in [1.82, 2.24) is 4.98 Å². The highest BCUT2D eigenvalue weighted by Crippen LogP contribution is 2.37. The van der Waals surface area contributed by atoms with E-state index < -0.39 is 22.1 Å². The molecule has 1 N–H and O–H groups in total. The number of pyridine rings is 1. The topological polar surface area (TPSA) is 73.7 Å². The zero-order valence-corrected chi connectivity index (χ0v) is 21.2. The number of sulfonamides is 1. The average molecular weight is 498 g/mol. The van der Waals surface area contributed by atoms with E-state index in [9.17, 15) is 17.9 Å². The van der Waals surface area contributed by atoms with Crippen LogP contribution in [0.15, 0.2) is 65.7 Å². The van der Waals surface area contributed by atoms with Crippen LogP contribution in [0.25, 0.3) is 0 Å². The molecule has 1 unspecified atom stereocenters. The third kappa shape index (κ3) is 5.49. The van der Waals surface area contributed by atoms with Gasteiger partial charge in [0.2, 0.25) is 5.95 Å². The summed E-state index contributed by atoms with van der Waals surface area (Å²) in [5.74, 6) is -0.423. The summed E-state index contributed by atoms with van der Waals surface area (Å²) in [5, 5.41) is 10.7. The van der Waals surface area contributed by atoms with Gasteiger partial charge in [0.15, 0.2) is 0 Å². The molecule has 35 heavy (non-hydrogen) atoms. The lowest BCUT2D eigenvalue weighted by Gasteiger charge is -2.34. The van der Waals surface area contributed by atoms with Gasteiger partial charge < -0.3 is 10.0 Å². The van der Waals surface area contributed by atoms with Crippen molar-refractivity contribution in [3.05, 3.63) is 83.4 Å². The first-order valence-electron chi connectivity index (χ1n) is 12.0. The van der Waals surface area contributed by atoms with Gasteiger partial charge in [-0.15, -0.1) is 0 Å². The quantitative estimate of drug-likeness (QED) is 0.440. The van der Waals surface area contributed by atoms with E-state index in [1.807, 2.05) is 43.0 Å². The van der Waals surface area contributed by atoms with Gasteiger partial charge in [-0.25, -0.2) is 13.4 Å². The fourth-order valence-electron chi connectivity index (χ4n) is 4.43. The summed E-state index contributed by atoms with van der Waals surface area (Å²) in [5.41, 5.74) is 3.84. The lowest BCUT2D eigenvalue weighted by atomic mass is 9.98. The number of aromatic nitrogens is 1. The Morgan fingerprint density at radius 1 is 1.11 bits per heavy atom. The smallest absolute Gasteiger partial charge is 0.264 e. The van der Waals surface area contributed by atoms with Crippen LogP contribution in [0.4, 0.5) is 15.8 Å². The molecule has 0 spiro atoms. The second kappa shape index (κ2) is 10.3. The Morgan fingerprint density at radius 2 is 1.86 bits per heavy atom. The van der Waals surface area contributed by atoms with E-state index in [0.29, 0.717) is 37.3 Å². The molecule has 0 bridgehead atoms. The first-order chi connectivity index (χ1) is 16.7. The van der Waals surface area contributed by atoms with Crippen molar-refractivity contribution in [2.24, 2.45) is 5.92 Å². The van der Waals surface area contributed by atoms with Crippen LogP contribution in [0.1, 0.15) is 50.0 Å². The average Bonchev–Trinajstić information content (AvgIpc) is 2.84. The SMILES string of the molecule is CCc1ccc(N(CC(C)C)S(=O)(=O)c2ccc3c(c2)C(O)CCN3Cc2ccnc(F)c2)cc1. The Hall–Kier alpha value is -2.97. The van der Waals surface area contributed by atoms with Gasteiger partial charge in [0.05, 0.1) is 16.7 Å². The molecule has 8 heteroatoms. The number of fused-ring (bicyclic) bond motifs is 1. The van der Waals surface area contributed by atoms with Gasteiger partial charge in [-0.2, -0.15) is 4.39 Å². The van der Waals surface area contributed by atoms with E-state index in [1.165, 1.54) is 16.6 Å². The maximum absolute atomic E-state index is 13.8. The molecule has 4 rings (SSSR count). The second-order valence-corrected chi connectivity index (χ2v) is 11.2. The lowest BCUT2D eigenvalue weighted by molar-refractivity contribution is 0.163. The number of hydrogen-bond donors (Lipinski definition) is 1. The van der Waals surface area contributed by atoms with Gasteiger partial charge in [-0.1, -0.05) is 32.9 Å². The van der Waals surface area contributed by atoms with Crippen molar-refractivity contribution in [3.63, 3.8) is 0 Å². The normalized spacial score (nSPS) is 15.8. The molecule has 0 radical (unpaired) electrons. The molecule has 2 aromatic carbocycles. The molecule has 1 aliphatic rings. The molecule has 0 aliphatic carbocycles. The van der Waals surface area contributed by atoms with Gasteiger partial charge in [0, 0.05) is 37.1 Å². The Kier molecular flexibility index (Phi) is 7.42. The summed E-state index contributed by atoms with van der Waals surface area (Å²) >= 11 is 0. The molecule has 1 aliphatic heterocycles. The van der Waals surface area contributed by atoms with Gasteiger partial charge >= 0.3 is 0 Å². The van der Waals surface area contributed by atoms with Crippen LogP contribution in [-0.4, -0.2) is 31.6 Å². The van der Waals surface area contributed by atoms with Crippen LogP contribution < -0.4 is 9.21 Å². The zero-order chi connectivity index (χ0) is 25.2. The molecule has 1 aromatic heterocycles. The van der Waals surface area contributed by atoms with Crippen LogP contribution >= 0.6 is 0 Å². The minimum atomic E-state index is -3.86. The highest BCUT2D eigenvalue weighted by atomic mass is 32.2. The predicted octanol–water partition coefficient (Wildman–Crippen LogP) is 5.08. The van der Waals surface area contributed by atoms with Crippen molar-refractivity contribution in [2.45, 2.75) is 51.2 Å². The van der Waals surface area contributed by atoms with Gasteiger partial charge in [-0.05, 0) is 72.4 Å². The first kappa shape index (κ1) is 25.1. The molecular weight excluding hydrogens is 465 g/mol. The number of hydrogen-bond acceptors (Lipinski definition) is 5. The van der Waals surface area contributed by atoms with Crippen molar-refractivity contribution < 1.29 is 17.9 Å². The Morgan fingerprint density at radius 3 is 2.51 bits per heavy atom. The van der Waals surface area contributed by atoms with E-state index in [1.54, 1.807) is 24.3 Å². The lowest BCUT2D eigenvalue weighted by Crippen LogP contribution is -2.35. The van der Waals surface area contributed by atoms with Crippen molar-refractivity contribution in [3.8, 4) is 0 Å². The molecule has 0 saturated heterocycles. The number of rotatable bonds is 8. The van der Waals surface area contributed by atoms with Crippen molar-refractivity contribution >= 4 is 21.4 Å².